The zero-order valence-corrected chi connectivity index (χ0v) is 8.35. The van der Waals surface area contributed by atoms with Gasteiger partial charge in [-0.15, -0.1) is 0 Å². The Morgan fingerprint density at radius 2 is 2.27 bits per heavy atom. The summed E-state index contributed by atoms with van der Waals surface area (Å²) in [5.74, 6) is -2.69. The molecule has 0 bridgehead atoms. The van der Waals surface area contributed by atoms with E-state index in [0.717, 1.165) is 0 Å². The van der Waals surface area contributed by atoms with Crippen LogP contribution in [0.3, 0.4) is 0 Å². The van der Waals surface area contributed by atoms with Crippen LogP contribution in [0.15, 0.2) is 0 Å². The Morgan fingerprint density at radius 1 is 1.64 bits per heavy atom. The first-order chi connectivity index (χ1) is 5.06. The summed E-state index contributed by atoms with van der Waals surface area (Å²) in [6.07, 6.45) is -0.494. The number of hydrogen-bond acceptors (Lipinski definition) is 2. The molecule has 0 radical (unpaired) electrons. The van der Waals surface area contributed by atoms with E-state index in [1.165, 1.54) is 0 Å². The highest BCUT2D eigenvalue weighted by Crippen LogP contribution is 2.30. The topological polar surface area (TPSA) is 12.5 Å². The molecule has 0 amide bonds. The summed E-state index contributed by atoms with van der Waals surface area (Å²) >= 11 is 1.54. The van der Waals surface area contributed by atoms with E-state index >= 15 is 0 Å². The number of halogens is 3. The van der Waals surface area contributed by atoms with Crippen LogP contribution in [0.4, 0.5) is 8.78 Å². The van der Waals surface area contributed by atoms with E-state index in [0.29, 0.717) is 13.0 Å². The molecule has 0 aliphatic carbocycles. The van der Waals surface area contributed by atoms with Crippen molar-refractivity contribution in [3.63, 3.8) is 0 Å². The zero-order chi connectivity index (χ0) is 8.48. The second-order valence-corrected chi connectivity index (χ2v) is 3.37. The van der Waals surface area contributed by atoms with E-state index in [4.69, 9.17) is 0 Å². The second kappa shape index (κ2) is 3.49. The molecular weight excluding hydrogens is 267 g/mol. The van der Waals surface area contributed by atoms with Crippen LogP contribution in [-0.2, 0) is 3.07 Å². The number of hydrogen-bond donors (Lipinski definition) is 0. The number of likely N-dealkylation sites (tertiary alicyclic amines) is 1. The van der Waals surface area contributed by atoms with E-state index in [1.807, 2.05) is 0 Å². The molecule has 1 heterocycles. The third-order valence-corrected chi connectivity index (χ3v) is 2.45. The number of piperidine rings is 1. The summed E-state index contributed by atoms with van der Waals surface area (Å²) in [6, 6.07) is 0. The summed E-state index contributed by atoms with van der Waals surface area (Å²) < 4.78 is 30.5. The molecule has 1 aliphatic rings. The maximum Gasteiger partial charge on any atom is 0.287 e. The molecule has 1 saturated heterocycles. The van der Waals surface area contributed by atoms with Crippen LogP contribution in [0.25, 0.3) is 0 Å². The zero-order valence-electron chi connectivity index (χ0n) is 6.19. The van der Waals surface area contributed by atoms with Crippen molar-refractivity contribution in [1.82, 2.24) is 4.90 Å². The van der Waals surface area contributed by atoms with E-state index in [1.54, 1.807) is 35.0 Å². The van der Waals surface area contributed by atoms with E-state index in [2.05, 4.69) is 3.07 Å². The first kappa shape index (κ1) is 9.60. The van der Waals surface area contributed by atoms with Gasteiger partial charge in [-0.2, -0.15) is 0 Å². The van der Waals surface area contributed by atoms with Gasteiger partial charge in [-0.05, 0) is 13.5 Å². The van der Waals surface area contributed by atoms with Crippen molar-refractivity contribution < 1.29 is 11.8 Å². The molecule has 1 rings (SSSR count). The molecule has 11 heavy (non-hydrogen) atoms. The highest BCUT2D eigenvalue weighted by atomic mass is 127. The molecule has 0 aromatic rings. The Labute approximate surface area is 78.6 Å². The van der Waals surface area contributed by atoms with Gasteiger partial charge in [0, 0.05) is 6.54 Å². The van der Waals surface area contributed by atoms with E-state index < -0.39 is 12.0 Å². The molecule has 1 fully saturated rings. The first-order valence-corrected chi connectivity index (χ1v) is 4.28. The molecule has 0 aromatic heterocycles. The maximum absolute atomic E-state index is 12.9. The van der Waals surface area contributed by atoms with Crippen LogP contribution in [0.5, 0.6) is 0 Å². The fourth-order valence-corrected chi connectivity index (χ4v) is 1.83. The molecule has 1 aliphatic heterocycles. The second-order valence-electron chi connectivity index (χ2n) is 2.87. The Morgan fingerprint density at radius 3 is 2.73 bits per heavy atom. The van der Waals surface area contributed by atoms with Crippen molar-refractivity contribution >= 4 is 23.0 Å². The quantitative estimate of drug-likeness (QED) is 0.676. The molecule has 1 atom stereocenters. The fraction of sp³-hybridized carbons (Fsp3) is 1.00. The molecule has 5 heteroatoms. The highest BCUT2D eigenvalue weighted by Gasteiger charge is 2.44. The van der Waals surface area contributed by atoms with E-state index in [-0.39, 0.29) is 6.54 Å². The van der Waals surface area contributed by atoms with Crippen LogP contribution >= 0.6 is 23.0 Å². The standard InChI is InChI=1S/C6H10F2INO/c1-10-3-2-5(11-9)6(7,8)4-10/h5H,2-4H2,1H3. The van der Waals surface area contributed by atoms with Crippen molar-refractivity contribution in [3.05, 3.63) is 0 Å². The number of alkyl halides is 2. The SMILES string of the molecule is CN1CCC(OI)C(F)(F)C1. The minimum Gasteiger partial charge on any atom is -0.306 e. The maximum atomic E-state index is 12.9. The molecule has 1 unspecified atom stereocenters. The Bertz CT molecular complexity index is 145. The normalized spacial score (nSPS) is 32.2. The Hall–Kier alpha value is 0.510. The molecule has 66 valence electrons. The fourth-order valence-electron chi connectivity index (χ4n) is 1.20. The Kier molecular flexibility index (Phi) is 3.04. The summed E-state index contributed by atoms with van der Waals surface area (Å²) in [4.78, 5) is 1.62. The van der Waals surface area contributed by atoms with Gasteiger partial charge in [0.15, 0.2) is 0 Å². The summed E-state index contributed by atoms with van der Waals surface area (Å²) in [5.41, 5.74) is 0. The third kappa shape index (κ3) is 2.22. The summed E-state index contributed by atoms with van der Waals surface area (Å²) in [5, 5.41) is 0. The van der Waals surface area contributed by atoms with Crippen LogP contribution in [0.1, 0.15) is 6.42 Å². The molecule has 2 nitrogen and oxygen atoms in total. The smallest absolute Gasteiger partial charge is 0.287 e. The van der Waals surface area contributed by atoms with Gasteiger partial charge in [0.1, 0.15) is 29.1 Å². The predicted octanol–water partition coefficient (Wildman–Crippen LogP) is 1.69. The van der Waals surface area contributed by atoms with Gasteiger partial charge in [-0.1, -0.05) is 0 Å². The minimum atomic E-state index is -2.69. The average Bonchev–Trinajstić information content (AvgIpc) is 1.85. The monoisotopic (exact) mass is 277 g/mol. The average molecular weight is 277 g/mol. The highest BCUT2D eigenvalue weighted by molar-refractivity contribution is 14.1. The van der Waals surface area contributed by atoms with Crippen molar-refractivity contribution in [3.8, 4) is 0 Å². The van der Waals surface area contributed by atoms with Gasteiger partial charge in [-0.3, -0.25) is 0 Å². The van der Waals surface area contributed by atoms with Gasteiger partial charge >= 0.3 is 0 Å². The number of nitrogens with zero attached hydrogens (tertiary/aromatic N) is 1. The number of rotatable bonds is 1. The van der Waals surface area contributed by atoms with Crippen LogP contribution in [0.2, 0.25) is 0 Å². The molecule has 0 saturated carbocycles. The lowest BCUT2D eigenvalue weighted by Gasteiger charge is -2.34. The van der Waals surface area contributed by atoms with Gasteiger partial charge in [0.2, 0.25) is 0 Å². The van der Waals surface area contributed by atoms with Crippen molar-refractivity contribution in [2.45, 2.75) is 18.4 Å². The summed E-state index contributed by atoms with van der Waals surface area (Å²) in [6.45, 7) is 0.490. The van der Waals surface area contributed by atoms with Crippen molar-refractivity contribution in [1.29, 1.82) is 0 Å². The van der Waals surface area contributed by atoms with Crippen LogP contribution in [-0.4, -0.2) is 37.1 Å². The van der Waals surface area contributed by atoms with Gasteiger partial charge in [-0.25, -0.2) is 8.78 Å². The van der Waals surface area contributed by atoms with Crippen LogP contribution < -0.4 is 0 Å². The predicted molar refractivity (Wildman–Crippen MR) is 46.0 cm³/mol. The largest absolute Gasteiger partial charge is 0.306 e. The molecule has 0 aromatic carbocycles. The van der Waals surface area contributed by atoms with Gasteiger partial charge < -0.3 is 7.97 Å². The minimum absolute atomic E-state index is 0.194. The van der Waals surface area contributed by atoms with Gasteiger partial charge in [0.25, 0.3) is 5.92 Å². The third-order valence-electron chi connectivity index (χ3n) is 1.83. The molecule has 0 N–H and O–H groups in total. The van der Waals surface area contributed by atoms with E-state index in [9.17, 15) is 8.78 Å². The Balaban J connectivity index is 2.56. The van der Waals surface area contributed by atoms with Crippen molar-refractivity contribution in [2.75, 3.05) is 20.1 Å². The van der Waals surface area contributed by atoms with Gasteiger partial charge in [0.05, 0.1) is 6.54 Å². The lowest BCUT2D eigenvalue weighted by molar-refractivity contribution is -0.123. The molecular formula is C6H10F2INO. The van der Waals surface area contributed by atoms with Crippen molar-refractivity contribution in [2.24, 2.45) is 0 Å². The van der Waals surface area contributed by atoms with Crippen LogP contribution in [0, 0.1) is 0 Å². The lowest BCUT2D eigenvalue weighted by Crippen LogP contribution is -2.50. The summed E-state index contributed by atoms with van der Waals surface area (Å²) in [7, 11) is 1.69. The first-order valence-electron chi connectivity index (χ1n) is 3.40. The lowest BCUT2D eigenvalue weighted by atomic mass is 10.1. The molecule has 0 spiro atoms.